The maximum Gasteiger partial charge on any atom is 0.408 e. The summed E-state index contributed by atoms with van der Waals surface area (Å²) in [5.74, 6) is -0.681. The number of nitrogens with one attached hydrogen (secondary N) is 1. The first-order valence-corrected chi connectivity index (χ1v) is 10.2. The van der Waals surface area contributed by atoms with Crippen LogP contribution >= 0.6 is 0 Å². The summed E-state index contributed by atoms with van der Waals surface area (Å²) in [5.41, 5.74) is -3.11. The zero-order valence-corrected chi connectivity index (χ0v) is 19.3. The molecule has 30 heavy (non-hydrogen) atoms. The summed E-state index contributed by atoms with van der Waals surface area (Å²) >= 11 is 0. The third-order valence-electron chi connectivity index (χ3n) is 6.20. The third kappa shape index (κ3) is 4.16. The molecule has 0 radical (unpaired) electrons. The van der Waals surface area contributed by atoms with Gasteiger partial charge >= 0.3 is 12.1 Å². The van der Waals surface area contributed by atoms with Crippen LogP contribution in [0.2, 0.25) is 0 Å². The van der Waals surface area contributed by atoms with E-state index in [1.54, 1.807) is 39.5 Å². The fourth-order valence-electron chi connectivity index (χ4n) is 3.75. The van der Waals surface area contributed by atoms with E-state index in [2.05, 4.69) is 5.32 Å². The Hall–Kier alpha value is -2.57. The zero-order valence-electron chi connectivity index (χ0n) is 19.3. The highest BCUT2D eigenvalue weighted by Gasteiger charge is 2.58. The van der Waals surface area contributed by atoms with Crippen molar-refractivity contribution in [2.75, 3.05) is 13.7 Å². The van der Waals surface area contributed by atoms with Crippen LogP contribution in [0.5, 0.6) is 0 Å². The Morgan fingerprint density at radius 1 is 1.03 bits per heavy atom. The largest absolute Gasteiger partial charge is 0.469 e. The van der Waals surface area contributed by atoms with Crippen molar-refractivity contribution >= 4 is 18.0 Å². The fraction of sp³-hybridized carbons (Fsp3) is 0.609. The molecule has 1 aliphatic rings. The van der Waals surface area contributed by atoms with Crippen LogP contribution in [0.25, 0.3) is 0 Å². The number of esters is 1. The second kappa shape index (κ2) is 7.93. The van der Waals surface area contributed by atoms with Crippen LogP contribution in [0.3, 0.4) is 0 Å². The van der Waals surface area contributed by atoms with Crippen LogP contribution in [0.1, 0.15) is 60.5 Å². The number of rotatable bonds is 5. The van der Waals surface area contributed by atoms with Gasteiger partial charge in [0.1, 0.15) is 11.1 Å². The summed E-state index contributed by atoms with van der Waals surface area (Å²) in [4.78, 5) is 40.6. The van der Waals surface area contributed by atoms with Gasteiger partial charge in [0.05, 0.1) is 18.1 Å². The number of hydrogen-bond donors (Lipinski definition) is 1. The van der Waals surface area contributed by atoms with E-state index < -0.39 is 34.2 Å². The van der Waals surface area contributed by atoms with E-state index in [4.69, 9.17) is 9.47 Å². The van der Waals surface area contributed by atoms with Gasteiger partial charge in [-0.2, -0.15) is 0 Å². The average molecular weight is 419 g/mol. The molecule has 1 heterocycles. The molecule has 0 aromatic heterocycles. The topological polar surface area (TPSA) is 84.9 Å². The number of hydrogen-bond acceptors (Lipinski definition) is 5. The fourth-order valence-corrected chi connectivity index (χ4v) is 3.75. The molecule has 1 aliphatic heterocycles. The molecule has 0 aliphatic carbocycles. The van der Waals surface area contributed by atoms with E-state index in [1.807, 2.05) is 44.2 Å². The highest BCUT2D eigenvalue weighted by atomic mass is 16.6. The quantitative estimate of drug-likeness (QED) is 0.739. The van der Waals surface area contributed by atoms with E-state index in [-0.39, 0.29) is 5.91 Å². The van der Waals surface area contributed by atoms with Crippen molar-refractivity contribution < 1.29 is 23.9 Å². The molecule has 1 unspecified atom stereocenters. The predicted octanol–water partition coefficient (Wildman–Crippen LogP) is 3.62. The minimum atomic E-state index is -1.27. The van der Waals surface area contributed by atoms with Gasteiger partial charge < -0.3 is 19.7 Å². The number of amides is 2. The van der Waals surface area contributed by atoms with Gasteiger partial charge in [-0.1, -0.05) is 30.3 Å². The predicted molar refractivity (Wildman–Crippen MR) is 114 cm³/mol. The molecule has 2 amide bonds. The van der Waals surface area contributed by atoms with Gasteiger partial charge in [-0.25, -0.2) is 4.79 Å². The summed E-state index contributed by atoms with van der Waals surface area (Å²) in [7, 11) is 1.34. The Kier molecular flexibility index (Phi) is 6.27. The van der Waals surface area contributed by atoms with Gasteiger partial charge in [0.25, 0.3) is 5.91 Å². The summed E-state index contributed by atoms with van der Waals surface area (Å²) in [6, 6.07) is 9.14. The maximum atomic E-state index is 13.8. The number of benzene rings is 1. The average Bonchev–Trinajstić information content (AvgIpc) is 2.97. The van der Waals surface area contributed by atoms with E-state index in [0.29, 0.717) is 18.5 Å². The SMILES string of the molecule is COC(=O)C(C)(C)C(C)(C)N1CCC(NC(=O)OC(C)(C)C)(c2ccccc2)C1=O. The first kappa shape index (κ1) is 23.7. The molecule has 1 aromatic rings. The van der Waals surface area contributed by atoms with Crippen molar-refractivity contribution in [3.8, 4) is 0 Å². The van der Waals surface area contributed by atoms with Crippen LogP contribution < -0.4 is 5.32 Å². The third-order valence-corrected chi connectivity index (χ3v) is 6.20. The molecule has 1 N–H and O–H groups in total. The van der Waals surface area contributed by atoms with Crippen molar-refractivity contribution in [1.29, 1.82) is 0 Å². The molecule has 7 nitrogen and oxygen atoms in total. The van der Waals surface area contributed by atoms with Crippen molar-refractivity contribution in [3.63, 3.8) is 0 Å². The first-order valence-electron chi connectivity index (χ1n) is 10.2. The summed E-state index contributed by atoms with van der Waals surface area (Å²) in [6.45, 7) is 12.9. The zero-order chi connectivity index (χ0) is 23.0. The number of ether oxygens (including phenoxy) is 2. The van der Waals surface area contributed by atoms with Gasteiger partial charge in [0.2, 0.25) is 0 Å². The van der Waals surface area contributed by atoms with Crippen molar-refractivity contribution in [2.24, 2.45) is 5.41 Å². The van der Waals surface area contributed by atoms with Crippen molar-refractivity contribution in [3.05, 3.63) is 35.9 Å². The number of nitrogens with zero attached hydrogens (tertiary/aromatic N) is 1. The highest BCUT2D eigenvalue weighted by Crippen LogP contribution is 2.44. The van der Waals surface area contributed by atoms with Gasteiger partial charge in [-0.15, -0.1) is 0 Å². The lowest BCUT2D eigenvalue weighted by Gasteiger charge is -2.46. The molecule has 1 atom stereocenters. The molecule has 0 saturated carbocycles. The molecular formula is C23H34N2O5. The van der Waals surface area contributed by atoms with Crippen LogP contribution in [0.15, 0.2) is 30.3 Å². The maximum absolute atomic E-state index is 13.8. The van der Waals surface area contributed by atoms with E-state index in [9.17, 15) is 14.4 Å². The molecule has 1 aromatic carbocycles. The number of methoxy groups -OCH3 is 1. The normalized spacial score (nSPS) is 20.1. The summed E-state index contributed by atoms with van der Waals surface area (Å²) in [6.07, 6.45) is -0.304. The highest BCUT2D eigenvalue weighted by molar-refractivity contribution is 5.94. The summed E-state index contributed by atoms with van der Waals surface area (Å²) < 4.78 is 10.4. The molecule has 1 fully saturated rings. The van der Waals surface area contributed by atoms with E-state index >= 15 is 0 Å². The molecule has 0 bridgehead atoms. The van der Waals surface area contributed by atoms with Crippen LogP contribution in [0, 0.1) is 5.41 Å². The number of likely N-dealkylation sites (tertiary alicyclic amines) is 1. The van der Waals surface area contributed by atoms with Crippen LogP contribution in [-0.2, 0) is 24.6 Å². The first-order chi connectivity index (χ1) is 13.7. The Morgan fingerprint density at radius 3 is 2.10 bits per heavy atom. The summed E-state index contributed by atoms with van der Waals surface area (Å²) in [5, 5.41) is 2.84. The minimum absolute atomic E-state index is 0.276. The Balaban J connectivity index is 2.48. The standard InChI is InChI=1S/C23H34N2O5/c1-20(2,3)30-19(28)24-23(16-12-10-9-11-13-16)14-15-25(17(23)26)22(6,7)21(4,5)18(27)29-8/h9-13H,14-15H2,1-8H3,(H,24,28). The lowest BCUT2D eigenvalue weighted by Crippen LogP contribution is -2.61. The number of carbonyl (C=O) groups excluding carboxylic acids is 3. The van der Waals surface area contributed by atoms with Crippen molar-refractivity contribution in [1.82, 2.24) is 10.2 Å². The monoisotopic (exact) mass is 418 g/mol. The van der Waals surface area contributed by atoms with E-state index in [1.165, 1.54) is 7.11 Å². The van der Waals surface area contributed by atoms with Gasteiger partial charge in [-0.3, -0.25) is 9.59 Å². The molecule has 7 heteroatoms. The Labute approximate surface area is 179 Å². The smallest absolute Gasteiger partial charge is 0.408 e. The minimum Gasteiger partial charge on any atom is -0.469 e. The Bertz CT molecular complexity index is 811. The van der Waals surface area contributed by atoms with E-state index in [0.717, 1.165) is 0 Å². The number of alkyl carbamates (subject to hydrolysis) is 1. The molecule has 2 rings (SSSR count). The second-order valence-corrected chi connectivity index (χ2v) is 9.78. The lowest BCUT2D eigenvalue weighted by atomic mass is 9.73. The van der Waals surface area contributed by atoms with Crippen molar-refractivity contribution in [2.45, 2.75) is 71.6 Å². The molecule has 166 valence electrons. The molecule has 1 saturated heterocycles. The molecular weight excluding hydrogens is 384 g/mol. The Morgan fingerprint density at radius 2 is 1.60 bits per heavy atom. The van der Waals surface area contributed by atoms with Gasteiger partial charge in [-0.05, 0) is 54.0 Å². The van der Waals surface area contributed by atoms with Gasteiger partial charge in [0, 0.05) is 13.0 Å². The van der Waals surface area contributed by atoms with Gasteiger partial charge in [0.15, 0.2) is 0 Å². The van der Waals surface area contributed by atoms with Crippen LogP contribution in [-0.4, -0.2) is 47.7 Å². The van der Waals surface area contributed by atoms with Crippen LogP contribution in [0.4, 0.5) is 4.79 Å². The number of carbonyl (C=O) groups is 3. The lowest BCUT2D eigenvalue weighted by molar-refractivity contribution is -0.162. The second-order valence-electron chi connectivity index (χ2n) is 9.78. The molecule has 0 spiro atoms.